The van der Waals surface area contributed by atoms with Crippen molar-refractivity contribution in [3.05, 3.63) is 0 Å². The van der Waals surface area contributed by atoms with Crippen LogP contribution in [0.5, 0.6) is 0 Å². The number of carbonyl (C=O) groups is 1. The molecule has 0 aromatic heterocycles. The number of hydroxylamine groups is 2. The van der Waals surface area contributed by atoms with Gasteiger partial charge in [-0.25, -0.2) is 0 Å². The molecular weight excluding hydrogens is 238 g/mol. The number of nitrogens with zero attached hydrogens (tertiary/aromatic N) is 1. The van der Waals surface area contributed by atoms with Crippen LogP contribution in [0.1, 0.15) is 74.7 Å². The van der Waals surface area contributed by atoms with Crippen molar-refractivity contribution in [2.75, 3.05) is 0 Å². The third kappa shape index (κ3) is 3.79. The SMILES string of the molecule is CC(ON1C(C)(C)CCCC1(C)C)C(=O)C(C)(C)C. The van der Waals surface area contributed by atoms with Crippen molar-refractivity contribution < 1.29 is 9.63 Å². The van der Waals surface area contributed by atoms with Crippen molar-refractivity contribution in [3.8, 4) is 0 Å². The Morgan fingerprint density at radius 2 is 1.53 bits per heavy atom. The lowest BCUT2D eigenvalue weighted by atomic mass is 9.82. The molecule has 0 bridgehead atoms. The molecule has 0 radical (unpaired) electrons. The molecule has 0 N–H and O–H groups in total. The van der Waals surface area contributed by atoms with E-state index in [4.69, 9.17) is 4.84 Å². The monoisotopic (exact) mass is 269 g/mol. The van der Waals surface area contributed by atoms with Crippen LogP contribution in [0.15, 0.2) is 0 Å². The third-order valence-corrected chi connectivity index (χ3v) is 4.05. The summed E-state index contributed by atoms with van der Waals surface area (Å²) in [7, 11) is 0. The average molecular weight is 269 g/mol. The lowest BCUT2D eigenvalue weighted by Gasteiger charge is -2.52. The van der Waals surface area contributed by atoms with E-state index in [1.165, 1.54) is 6.42 Å². The molecule has 1 atom stereocenters. The van der Waals surface area contributed by atoms with Gasteiger partial charge in [0.1, 0.15) is 6.10 Å². The van der Waals surface area contributed by atoms with Gasteiger partial charge in [-0.15, -0.1) is 0 Å². The van der Waals surface area contributed by atoms with Gasteiger partial charge in [0, 0.05) is 16.5 Å². The summed E-state index contributed by atoms with van der Waals surface area (Å²) in [6, 6.07) is 0. The van der Waals surface area contributed by atoms with Crippen molar-refractivity contribution in [3.63, 3.8) is 0 Å². The minimum absolute atomic E-state index is 0.0197. The molecule has 0 saturated carbocycles. The van der Waals surface area contributed by atoms with Crippen molar-refractivity contribution in [1.29, 1.82) is 0 Å². The van der Waals surface area contributed by atoms with Gasteiger partial charge in [0.25, 0.3) is 0 Å². The normalized spacial score (nSPS) is 25.1. The molecule has 1 heterocycles. The van der Waals surface area contributed by atoms with Gasteiger partial charge >= 0.3 is 0 Å². The Labute approximate surface area is 118 Å². The topological polar surface area (TPSA) is 29.5 Å². The largest absolute Gasteiger partial charge is 0.296 e. The van der Waals surface area contributed by atoms with E-state index in [0.29, 0.717) is 0 Å². The van der Waals surface area contributed by atoms with E-state index in [1.54, 1.807) is 0 Å². The molecule has 3 nitrogen and oxygen atoms in total. The van der Waals surface area contributed by atoms with Crippen LogP contribution >= 0.6 is 0 Å². The molecule has 0 aromatic rings. The summed E-state index contributed by atoms with van der Waals surface area (Å²) in [5, 5.41) is 2.07. The summed E-state index contributed by atoms with van der Waals surface area (Å²) < 4.78 is 0. The van der Waals surface area contributed by atoms with Crippen LogP contribution in [0.2, 0.25) is 0 Å². The molecule has 0 spiro atoms. The fourth-order valence-electron chi connectivity index (χ4n) is 3.08. The van der Waals surface area contributed by atoms with E-state index in [0.717, 1.165) is 12.8 Å². The molecule has 1 aliphatic rings. The van der Waals surface area contributed by atoms with Gasteiger partial charge in [-0.2, -0.15) is 5.06 Å². The average Bonchev–Trinajstić information content (AvgIpc) is 2.20. The van der Waals surface area contributed by atoms with Crippen LogP contribution in [0.4, 0.5) is 0 Å². The van der Waals surface area contributed by atoms with Crippen molar-refractivity contribution in [2.45, 2.75) is 91.8 Å². The molecule has 0 aliphatic carbocycles. The number of carbonyl (C=O) groups excluding carboxylic acids is 1. The molecule has 1 saturated heterocycles. The fraction of sp³-hybridized carbons (Fsp3) is 0.938. The summed E-state index contributed by atoms with van der Waals surface area (Å²) in [5.74, 6) is 0.157. The maximum Gasteiger partial charge on any atom is 0.168 e. The highest BCUT2D eigenvalue weighted by molar-refractivity contribution is 5.87. The second-order valence-corrected chi connectivity index (χ2v) is 8.13. The first-order valence-corrected chi connectivity index (χ1v) is 7.39. The molecule has 0 aromatic carbocycles. The predicted molar refractivity (Wildman–Crippen MR) is 78.9 cm³/mol. The minimum Gasteiger partial charge on any atom is -0.296 e. The molecule has 1 unspecified atom stereocenters. The van der Waals surface area contributed by atoms with E-state index in [1.807, 2.05) is 27.7 Å². The third-order valence-electron chi connectivity index (χ3n) is 4.05. The number of rotatable bonds is 3. The van der Waals surface area contributed by atoms with Crippen molar-refractivity contribution in [2.24, 2.45) is 5.41 Å². The molecule has 0 amide bonds. The van der Waals surface area contributed by atoms with E-state index in [2.05, 4.69) is 32.8 Å². The lowest BCUT2D eigenvalue weighted by Crippen LogP contribution is -2.60. The zero-order chi connectivity index (χ0) is 15.1. The Balaban J connectivity index is 2.86. The second kappa shape index (κ2) is 5.17. The van der Waals surface area contributed by atoms with E-state index in [-0.39, 0.29) is 22.3 Å². The number of ketones is 1. The highest BCUT2D eigenvalue weighted by Gasteiger charge is 2.44. The van der Waals surface area contributed by atoms with Crippen molar-refractivity contribution in [1.82, 2.24) is 5.06 Å². The van der Waals surface area contributed by atoms with E-state index in [9.17, 15) is 4.79 Å². The molecule has 3 heteroatoms. The van der Waals surface area contributed by atoms with Gasteiger partial charge in [-0.1, -0.05) is 20.8 Å². The van der Waals surface area contributed by atoms with Crippen molar-refractivity contribution >= 4 is 5.78 Å². The predicted octanol–water partition coefficient (Wildman–Crippen LogP) is 3.96. The minimum atomic E-state index is -0.392. The Morgan fingerprint density at radius 1 is 1.11 bits per heavy atom. The molecule has 1 aliphatic heterocycles. The highest BCUT2D eigenvalue weighted by atomic mass is 16.7. The first-order valence-electron chi connectivity index (χ1n) is 7.39. The van der Waals surface area contributed by atoms with Crippen LogP contribution in [-0.4, -0.2) is 28.0 Å². The standard InChI is InChI=1S/C16H31NO2/c1-12(13(18)14(2,3)4)19-17-15(5,6)10-9-11-16(17,7)8/h12H,9-11H2,1-8H3. The van der Waals surface area contributed by atoms with Crippen LogP contribution < -0.4 is 0 Å². The first-order chi connectivity index (χ1) is 8.38. The number of piperidine rings is 1. The van der Waals surface area contributed by atoms with Gasteiger partial charge < -0.3 is 0 Å². The van der Waals surface area contributed by atoms with Crippen LogP contribution in [0.3, 0.4) is 0 Å². The van der Waals surface area contributed by atoms with Crippen LogP contribution in [0, 0.1) is 5.41 Å². The molecule has 112 valence electrons. The summed E-state index contributed by atoms with van der Waals surface area (Å²) in [4.78, 5) is 18.4. The maximum atomic E-state index is 12.3. The quantitative estimate of drug-likeness (QED) is 0.776. The zero-order valence-electron chi connectivity index (χ0n) is 14.0. The molecular formula is C16H31NO2. The lowest BCUT2D eigenvalue weighted by molar-refractivity contribution is -0.296. The first kappa shape index (κ1) is 16.6. The van der Waals surface area contributed by atoms with Gasteiger partial charge in [-0.05, 0) is 53.9 Å². The number of hydrogen-bond acceptors (Lipinski definition) is 3. The summed E-state index contributed by atoms with van der Waals surface area (Å²) in [5.41, 5.74) is -0.397. The number of Topliss-reactive ketones (excluding diaryl/α,β-unsaturated/α-hetero) is 1. The van der Waals surface area contributed by atoms with Gasteiger partial charge in [0.05, 0.1) is 0 Å². The van der Waals surface area contributed by atoms with Gasteiger partial charge in [0.15, 0.2) is 5.78 Å². The Kier molecular flexibility index (Phi) is 4.53. The number of hydrogen-bond donors (Lipinski definition) is 0. The van der Waals surface area contributed by atoms with Gasteiger partial charge in [-0.3, -0.25) is 9.63 Å². The Morgan fingerprint density at radius 3 is 1.89 bits per heavy atom. The van der Waals surface area contributed by atoms with E-state index >= 15 is 0 Å². The Hall–Kier alpha value is -0.410. The summed E-state index contributed by atoms with van der Waals surface area (Å²) in [6.45, 7) is 16.5. The van der Waals surface area contributed by atoms with E-state index < -0.39 is 6.10 Å². The summed E-state index contributed by atoms with van der Waals surface area (Å²) in [6.07, 6.45) is 3.03. The maximum absolute atomic E-state index is 12.3. The van der Waals surface area contributed by atoms with Crippen LogP contribution in [0.25, 0.3) is 0 Å². The highest BCUT2D eigenvalue weighted by Crippen LogP contribution is 2.39. The summed E-state index contributed by atoms with van der Waals surface area (Å²) >= 11 is 0. The molecule has 1 rings (SSSR count). The molecule has 19 heavy (non-hydrogen) atoms. The second-order valence-electron chi connectivity index (χ2n) is 8.13. The smallest absolute Gasteiger partial charge is 0.168 e. The molecule has 1 fully saturated rings. The Bertz CT molecular complexity index is 323. The van der Waals surface area contributed by atoms with Crippen LogP contribution in [-0.2, 0) is 9.63 Å². The fourth-order valence-corrected chi connectivity index (χ4v) is 3.08. The van der Waals surface area contributed by atoms with Gasteiger partial charge in [0.2, 0.25) is 0 Å². The zero-order valence-corrected chi connectivity index (χ0v) is 14.0.